The maximum atomic E-state index is 11.9. The van der Waals surface area contributed by atoms with Crippen molar-refractivity contribution in [2.24, 2.45) is 0 Å². The van der Waals surface area contributed by atoms with E-state index in [1.54, 1.807) is 4.90 Å². The molecule has 1 aliphatic heterocycles. The van der Waals surface area contributed by atoms with Gasteiger partial charge in [-0.25, -0.2) is 4.79 Å². The Morgan fingerprint density at radius 1 is 1.56 bits per heavy atom. The molecule has 2 heterocycles. The molecule has 0 unspecified atom stereocenters. The number of fused-ring (bicyclic) bond motifs is 1. The molecule has 96 valence electrons. The van der Waals surface area contributed by atoms with Gasteiger partial charge in [-0.3, -0.25) is 0 Å². The largest absolute Gasteiger partial charge is 0.444 e. The van der Waals surface area contributed by atoms with Crippen molar-refractivity contribution < 1.29 is 9.53 Å². The van der Waals surface area contributed by atoms with Crippen LogP contribution in [0, 0.1) is 11.3 Å². The zero-order valence-electron chi connectivity index (χ0n) is 10.8. The molecule has 0 aliphatic carbocycles. The molecule has 0 N–H and O–H groups in total. The lowest BCUT2D eigenvalue weighted by Gasteiger charge is -2.29. The number of hydrogen-bond donors (Lipinski definition) is 0. The van der Waals surface area contributed by atoms with Gasteiger partial charge < -0.3 is 9.64 Å². The highest BCUT2D eigenvalue weighted by atomic mass is 32.1. The summed E-state index contributed by atoms with van der Waals surface area (Å²) in [6.45, 7) is 6.79. The molecule has 5 heteroatoms. The third-order valence-electron chi connectivity index (χ3n) is 2.64. The number of nitrogens with zero attached hydrogens (tertiary/aromatic N) is 2. The average molecular weight is 264 g/mol. The van der Waals surface area contributed by atoms with Gasteiger partial charge >= 0.3 is 6.09 Å². The average Bonchev–Trinajstić information content (AvgIpc) is 2.68. The van der Waals surface area contributed by atoms with Crippen LogP contribution >= 0.6 is 11.3 Å². The van der Waals surface area contributed by atoms with Crippen LogP contribution in [0.25, 0.3) is 0 Å². The normalized spacial score (nSPS) is 14.9. The summed E-state index contributed by atoms with van der Waals surface area (Å²) in [6, 6.07) is 4.07. The molecular weight excluding hydrogens is 248 g/mol. The Balaban J connectivity index is 2.08. The van der Waals surface area contributed by atoms with Gasteiger partial charge in [0, 0.05) is 11.4 Å². The second kappa shape index (κ2) is 4.62. The van der Waals surface area contributed by atoms with Crippen LogP contribution in [-0.2, 0) is 17.7 Å². The number of carbonyl (C=O) groups excluding carboxylic acids is 1. The number of hydrogen-bond acceptors (Lipinski definition) is 4. The molecule has 0 atom stereocenters. The van der Waals surface area contributed by atoms with E-state index in [0.29, 0.717) is 18.0 Å². The summed E-state index contributed by atoms with van der Waals surface area (Å²) in [6.07, 6.45) is 0.521. The number of thiophene rings is 1. The summed E-state index contributed by atoms with van der Waals surface area (Å²) < 4.78 is 5.35. The number of rotatable bonds is 0. The zero-order chi connectivity index (χ0) is 13.3. The van der Waals surface area contributed by atoms with Crippen molar-refractivity contribution >= 4 is 17.4 Å². The van der Waals surface area contributed by atoms with Crippen LogP contribution in [0.4, 0.5) is 4.79 Å². The second-order valence-corrected chi connectivity index (χ2v) is 6.46. The molecule has 0 saturated heterocycles. The summed E-state index contributed by atoms with van der Waals surface area (Å²) in [5, 5.41) is 8.87. The molecular formula is C13H16N2O2S. The van der Waals surface area contributed by atoms with E-state index in [1.807, 2.05) is 26.8 Å². The Hall–Kier alpha value is -1.54. The van der Waals surface area contributed by atoms with Gasteiger partial charge in [0.2, 0.25) is 0 Å². The van der Waals surface area contributed by atoms with E-state index in [1.165, 1.54) is 16.9 Å². The smallest absolute Gasteiger partial charge is 0.410 e. The first-order chi connectivity index (χ1) is 8.39. The van der Waals surface area contributed by atoms with Crippen LogP contribution in [-0.4, -0.2) is 23.1 Å². The molecule has 1 aromatic rings. The Bertz CT molecular complexity index is 508. The van der Waals surface area contributed by atoms with Crippen molar-refractivity contribution in [3.8, 4) is 6.07 Å². The number of amides is 1. The molecule has 0 bridgehead atoms. The van der Waals surface area contributed by atoms with Crippen LogP contribution in [0.2, 0.25) is 0 Å². The molecule has 1 aromatic heterocycles. The molecule has 0 spiro atoms. The van der Waals surface area contributed by atoms with Crippen molar-refractivity contribution in [2.75, 3.05) is 6.54 Å². The highest BCUT2D eigenvalue weighted by Gasteiger charge is 2.26. The van der Waals surface area contributed by atoms with E-state index < -0.39 is 5.60 Å². The van der Waals surface area contributed by atoms with E-state index >= 15 is 0 Å². The molecule has 0 fully saturated rings. The van der Waals surface area contributed by atoms with E-state index in [4.69, 9.17) is 10.00 Å². The lowest BCUT2D eigenvalue weighted by Crippen LogP contribution is -2.39. The fourth-order valence-electron chi connectivity index (χ4n) is 1.86. The monoisotopic (exact) mass is 264 g/mol. The Morgan fingerprint density at radius 2 is 2.28 bits per heavy atom. The SMILES string of the molecule is CC(C)(C)OC(=O)N1CCc2cc(C#N)sc2C1. The van der Waals surface area contributed by atoms with Crippen molar-refractivity contribution in [3.63, 3.8) is 0 Å². The van der Waals surface area contributed by atoms with Gasteiger partial charge in [-0.05, 0) is 38.8 Å². The summed E-state index contributed by atoms with van der Waals surface area (Å²) in [7, 11) is 0. The van der Waals surface area contributed by atoms with Crippen molar-refractivity contribution in [1.82, 2.24) is 4.90 Å². The first-order valence-corrected chi connectivity index (χ1v) is 6.70. The molecule has 0 radical (unpaired) electrons. The minimum Gasteiger partial charge on any atom is -0.444 e. The Morgan fingerprint density at radius 3 is 2.89 bits per heavy atom. The summed E-state index contributed by atoms with van der Waals surface area (Å²) in [5.41, 5.74) is 0.723. The summed E-state index contributed by atoms with van der Waals surface area (Å²) >= 11 is 1.46. The van der Waals surface area contributed by atoms with Crippen LogP contribution in [0.1, 0.15) is 36.1 Å². The van der Waals surface area contributed by atoms with Gasteiger partial charge in [0.05, 0.1) is 6.54 Å². The van der Waals surface area contributed by atoms with E-state index in [-0.39, 0.29) is 6.09 Å². The molecule has 0 aromatic carbocycles. The lowest BCUT2D eigenvalue weighted by atomic mass is 10.1. The van der Waals surface area contributed by atoms with Gasteiger partial charge in [0.25, 0.3) is 0 Å². The standard InChI is InChI=1S/C13H16N2O2S/c1-13(2,3)17-12(16)15-5-4-9-6-10(7-14)18-11(9)8-15/h6H,4-5,8H2,1-3H3. The zero-order valence-corrected chi connectivity index (χ0v) is 11.6. The van der Waals surface area contributed by atoms with Gasteiger partial charge in [0.15, 0.2) is 0 Å². The second-order valence-electron chi connectivity index (χ2n) is 5.32. The first-order valence-electron chi connectivity index (χ1n) is 5.88. The molecule has 1 aliphatic rings. The third kappa shape index (κ3) is 2.82. The third-order valence-corrected chi connectivity index (χ3v) is 3.71. The minimum absolute atomic E-state index is 0.278. The van der Waals surface area contributed by atoms with Crippen LogP contribution < -0.4 is 0 Å². The number of ether oxygens (including phenoxy) is 1. The van der Waals surface area contributed by atoms with Crippen LogP contribution in [0.5, 0.6) is 0 Å². The predicted molar refractivity (Wildman–Crippen MR) is 69.4 cm³/mol. The van der Waals surface area contributed by atoms with E-state index in [9.17, 15) is 4.79 Å². The lowest BCUT2D eigenvalue weighted by molar-refractivity contribution is 0.0226. The van der Waals surface area contributed by atoms with Gasteiger partial charge in [-0.1, -0.05) is 0 Å². The van der Waals surface area contributed by atoms with Crippen molar-refractivity contribution in [3.05, 3.63) is 21.4 Å². The van der Waals surface area contributed by atoms with E-state index in [0.717, 1.165) is 11.3 Å². The molecule has 0 saturated carbocycles. The van der Waals surface area contributed by atoms with Gasteiger partial charge in [0.1, 0.15) is 16.5 Å². The van der Waals surface area contributed by atoms with Crippen molar-refractivity contribution in [2.45, 2.75) is 39.3 Å². The number of carbonyl (C=O) groups is 1. The van der Waals surface area contributed by atoms with Crippen LogP contribution in [0.15, 0.2) is 6.07 Å². The molecule has 1 amide bonds. The highest BCUT2D eigenvalue weighted by Crippen LogP contribution is 2.28. The van der Waals surface area contributed by atoms with Gasteiger partial charge in [-0.2, -0.15) is 5.26 Å². The fourth-order valence-corrected chi connectivity index (χ4v) is 2.88. The van der Waals surface area contributed by atoms with Gasteiger partial charge in [-0.15, -0.1) is 11.3 Å². The fraction of sp³-hybridized carbons (Fsp3) is 0.538. The quantitative estimate of drug-likeness (QED) is 0.724. The Kier molecular flexibility index (Phi) is 3.31. The minimum atomic E-state index is -0.468. The first kappa shape index (κ1) is 12.9. The van der Waals surface area contributed by atoms with Crippen molar-refractivity contribution in [1.29, 1.82) is 5.26 Å². The summed E-state index contributed by atoms with van der Waals surface area (Å²) in [5.74, 6) is 0. The highest BCUT2D eigenvalue weighted by molar-refractivity contribution is 7.12. The number of nitriles is 1. The maximum Gasteiger partial charge on any atom is 0.410 e. The summed E-state index contributed by atoms with van der Waals surface area (Å²) in [4.78, 5) is 15.5. The maximum absolute atomic E-state index is 11.9. The van der Waals surface area contributed by atoms with Crippen LogP contribution in [0.3, 0.4) is 0 Å². The molecule has 2 rings (SSSR count). The predicted octanol–water partition coefficient (Wildman–Crippen LogP) is 2.91. The molecule has 4 nitrogen and oxygen atoms in total. The topological polar surface area (TPSA) is 53.3 Å². The van der Waals surface area contributed by atoms with E-state index in [2.05, 4.69) is 6.07 Å². The molecule has 18 heavy (non-hydrogen) atoms. The Labute approximate surface area is 111 Å².